The van der Waals surface area contributed by atoms with E-state index in [0.717, 1.165) is 27.6 Å². The minimum Gasteiger partial charge on any atom is -0.465 e. The molecule has 2 aliphatic heterocycles. The fourth-order valence-electron chi connectivity index (χ4n) is 6.20. The number of rotatable bonds is 4. The molecule has 0 aliphatic carbocycles. The second-order valence-electron chi connectivity index (χ2n) is 10.5. The van der Waals surface area contributed by atoms with Crippen LogP contribution in [0.1, 0.15) is 30.4 Å². The second kappa shape index (κ2) is 10.3. The van der Waals surface area contributed by atoms with E-state index in [2.05, 4.69) is 28.9 Å². The number of hydroxylamine groups is 2. The van der Waals surface area contributed by atoms with Crippen LogP contribution in [-0.2, 0) is 9.63 Å². The summed E-state index contributed by atoms with van der Waals surface area (Å²) in [6.07, 6.45) is 0.497. The third kappa shape index (κ3) is 4.54. The van der Waals surface area contributed by atoms with Gasteiger partial charge in [-0.1, -0.05) is 66.4 Å². The molecule has 1 unspecified atom stereocenters. The van der Waals surface area contributed by atoms with E-state index in [4.69, 9.17) is 9.57 Å². The number of nitro groups is 1. The number of anilines is 1. The van der Waals surface area contributed by atoms with Crippen LogP contribution in [0.5, 0.6) is 5.75 Å². The van der Waals surface area contributed by atoms with Gasteiger partial charge in [-0.05, 0) is 53.9 Å². The molecule has 0 N–H and O–H groups in total. The van der Waals surface area contributed by atoms with Crippen molar-refractivity contribution in [3.8, 4) is 17.6 Å². The molecule has 4 aromatic carbocycles. The topological polar surface area (TPSA) is 85.1 Å². The summed E-state index contributed by atoms with van der Waals surface area (Å²) in [7, 11) is 3.04. The van der Waals surface area contributed by atoms with Crippen LogP contribution in [0.15, 0.2) is 91.0 Å². The monoisotopic (exact) mass is 547 g/mol. The summed E-state index contributed by atoms with van der Waals surface area (Å²) < 4.78 is 6.78. The highest BCUT2D eigenvalue weighted by Gasteiger charge is 2.60. The van der Waals surface area contributed by atoms with Gasteiger partial charge in [0.25, 0.3) is 11.6 Å². The average molecular weight is 548 g/mol. The Hall–Kier alpha value is -4.87. The average Bonchev–Trinajstić information content (AvgIpc) is 3.29. The van der Waals surface area contributed by atoms with Crippen molar-refractivity contribution in [3.05, 3.63) is 112 Å². The second-order valence-corrected chi connectivity index (χ2v) is 10.5. The molecule has 8 nitrogen and oxygen atoms in total. The number of nitro benzene ring substituents is 1. The Morgan fingerprint density at radius 1 is 1.05 bits per heavy atom. The van der Waals surface area contributed by atoms with Crippen LogP contribution in [0.4, 0.5) is 11.4 Å². The first-order chi connectivity index (χ1) is 19.8. The smallest absolute Gasteiger partial charge is 0.269 e. The van der Waals surface area contributed by atoms with Crippen molar-refractivity contribution in [2.24, 2.45) is 5.92 Å². The van der Waals surface area contributed by atoms with E-state index < -0.39 is 16.6 Å². The molecule has 0 bridgehead atoms. The Morgan fingerprint density at radius 2 is 1.71 bits per heavy atom. The van der Waals surface area contributed by atoms with Crippen molar-refractivity contribution >= 4 is 28.1 Å². The predicted molar refractivity (Wildman–Crippen MR) is 156 cm³/mol. The van der Waals surface area contributed by atoms with Crippen molar-refractivity contribution in [2.45, 2.75) is 31.0 Å². The quantitative estimate of drug-likeness (QED) is 0.180. The van der Waals surface area contributed by atoms with Gasteiger partial charge < -0.3 is 9.64 Å². The molecule has 4 atom stereocenters. The van der Waals surface area contributed by atoms with Crippen molar-refractivity contribution in [1.82, 2.24) is 5.06 Å². The van der Waals surface area contributed by atoms with Gasteiger partial charge in [-0.3, -0.25) is 19.7 Å². The van der Waals surface area contributed by atoms with Gasteiger partial charge in [0, 0.05) is 30.7 Å². The molecule has 8 heteroatoms. The standard InChI is InChI=1S/C33H29N3O5/c1-33-31(32(37)34(2)40-3)28(23-14-17-26(18-15-23)36(38)39)21-27(16-13-22-9-5-4-6-10-22)35(33)29-19-24-11-7-8-12-25(24)20-30(29)41-33/h4-12,14-15,17-20,27-28,31H,21H2,1-3H3/t27-,28+,31?,33-/m1/s1. The van der Waals surface area contributed by atoms with Crippen LogP contribution >= 0.6 is 0 Å². The number of ether oxygens (including phenoxy) is 1. The number of piperidine rings is 1. The van der Waals surface area contributed by atoms with Gasteiger partial charge in [0.2, 0.25) is 0 Å². The molecule has 2 heterocycles. The minimum atomic E-state index is -1.12. The van der Waals surface area contributed by atoms with Gasteiger partial charge in [0.15, 0.2) is 5.72 Å². The van der Waals surface area contributed by atoms with E-state index in [0.29, 0.717) is 12.2 Å². The van der Waals surface area contributed by atoms with Crippen LogP contribution in [0.3, 0.4) is 0 Å². The summed E-state index contributed by atoms with van der Waals surface area (Å²) in [4.78, 5) is 32.5. The molecular weight excluding hydrogens is 518 g/mol. The maximum atomic E-state index is 14.1. The Balaban J connectivity index is 1.54. The number of carbonyl (C=O) groups excluding carboxylic acids is 1. The molecule has 0 aromatic heterocycles. The maximum absolute atomic E-state index is 14.1. The molecule has 206 valence electrons. The first-order valence-corrected chi connectivity index (χ1v) is 13.4. The molecule has 0 saturated carbocycles. The maximum Gasteiger partial charge on any atom is 0.269 e. The Kier molecular flexibility index (Phi) is 6.60. The zero-order valence-electron chi connectivity index (χ0n) is 23.0. The first-order valence-electron chi connectivity index (χ1n) is 13.4. The Labute approximate surface area is 238 Å². The number of carbonyl (C=O) groups is 1. The summed E-state index contributed by atoms with van der Waals surface area (Å²) >= 11 is 0. The molecule has 1 saturated heterocycles. The highest BCUT2D eigenvalue weighted by atomic mass is 16.7. The van der Waals surface area contributed by atoms with E-state index in [9.17, 15) is 14.9 Å². The van der Waals surface area contributed by atoms with Crippen LogP contribution in [0.2, 0.25) is 0 Å². The first kappa shape index (κ1) is 26.4. The van der Waals surface area contributed by atoms with E-state index in [-0.39, 0.29) is 23.6 Å². The van der Waals surface area contributed by atoms with Crippen LogP contribution in [0, 0.1) is 27.9 Å². The predicted octanol–water partition coefficient (Wildman–Crippen LogP) is 5.91. The minimum absolute atomic E-state index is 0.00841. The lowest BCUT2D eigenvalue weighted by Gasteiger charge is -2.51. The van der Waals surface area contributed by atoms with E-state index >= 15 is 0 Å². The summed E-state index contributed by atoms with van der Waals surface area (Å²) in [6, 6.07) is 28.1. The fraction of sp³-hybridized carbons (Fsp3) is 0.242. The number of fused-ring (bicyclic) bond motifs is 4. The normalized spacial score (nSPS) is 22.6. The third-order valence-electron chi connectivity index (χ3n) is 8.19. The lowest BCUT2D eigenvalue weighted by molar-refractivity contribution is -0.384. The number of benzene rings is 4. The Morgan fingerprint density at radius 3 is 2.37 bits per heavy atom. The van der Waals surface area contributed by atoms with Crippen molar-refractivity contribution in [3.63, 3.8) is 0 Å². The molecular formula is C33H29N3O5. The van der Waals surface area contributed by atoms with Crippen LogP contribution in [0.25, 0.3) is 10.8 Å². The van der Waals surface area contributed by atoms with Gasteiger partial charge in [0.05, 0.1) is 23.8 Å². The third-order valence-corrected chi connectivity index (χ3v) is 8.19. The SMILES string of the molecule is CON(C)C(=O)C1[C@H](c2ccc([N+](=O)[O-])cc2)C[C@@H](C#Cc2ccccc2)N2c3cc4ccccc4cc3O[C@]12C. The summed E-state index contributed by atoms with van der Waals surface area (Å²) in [6.45, 7) is 1.93. The summed E-state index contributed by atoms with van der Waals surface area (Å²) in [5.41, 5.74) is 1.43. The number of hydrogen-bond donors (Lipinski definition) is 0. The molecule has 4 aromatic rings. The van der Waals surface area contributed by atoms with E-state index in [1.165, 1.54) is 24.3 Å². The zero-order valence-corrected chi connectivity index (χ0v) is 23.0. The number of non-ortho nitro benzene ring substituents is 1. The molecule has 2 aliphatic rings. The van der Waals surface area contributed by atoms with Crippen LogP contribution in [-0.4, -0.2) is 41.8 Å². The van der Waals surface area contributed by atoms with Gasteiger partial charge >= 0.3 is 0 Å². The molecule has 1 amide bonds. The highest BCUT2D eigenvalue weighted by molar-refractivity contribution is 5.91. The molecule has 0 radical (unpaired) electrons. The lowest BCUT2D eigenvalue weighted by atomic mass is 9.71. The highest BCUT2D eigenvalue weighted by Crippen LogP contribution is 2.56. The van der Waals surface area contributed by atoms with Gasteiger partial charge in [0.1, 0.15) is 11.7 Å². The van der Waals surface area contributed by atoms with Gasteiger partial charge in [-0.25, -0.2) is 5.06 Å². The Bertz CT molecular complexity index is 1700. The fourth-order valence-corrected chi connectivity index (χ4v) is 6.20. The molecule has 6 rings (SSSR count). The molecule has 41 heavy (non-hydrogen) atoms. The molecule has 1 fully saturated rings. The lowest BCUT2D eigenvalue weighted by Crippen LogP contribution is -2.65. The van der Waals surface area contributed by atoms with Crippen molar-refractivity contribution in [1.29, 1.82) is 0 Å². The largest absolute Gasteiger partial charge is 0.465 e. The number of nitrogens with zero attached hydrogens (tertiary/aromatic N) is 3. The van der Waals surface area contributed by atoms with E-state index in [1.807, 2.05) is 61.5 Å². The summed E-state index contributed by atoms with van der Waals surface area (Å²) in [5, 5.41) is 14.7. The van der Waals surface area contributed by atoms with Crippen LogP contribution < -0.4 is 9.64 Å². The number of amides is 1. The van der Waals surface area contributed by atoms with Crippen molar-refractivity contribution < 1.29 is 19.3 Å². The zero-order chi connectivity index (χ0) is 28.7. The number of hydrogen-bond acceptors (Lipinski definition) is 6. The molecule has 0 spiro atoms. The van der Waals surface area contributed by atoms with Gasteiger partial charge in [-0.15, -0.1) is 0 Å². The van der Waals surface area contributed by atoms with Crippen molar-refractivity contribution in [2.75, 3.05) is 19.1 Å². The summed E-state index contributed by atoms with van der Waals surface area (Å²) in [5.74, 6) is 6.17. The van der Waals surface area contributed by atoms with Gasteiger partial charge in [-0.2, -0.15) is 0 Å². The van der Waals surface area contributed by atoms with E-state index in [1.54, 1.807) is 19.2 Å².